The average molecular weight is 211 g/mol. The summed E-state index contributed by atoms with van der Waals surface area (Å²) in [6.45, 7) is 2.29. The second kappa shape index (κ2) is 5.30. The van der Waals surface area contributed by atoms with Crippen LogP contribution in [0.15, 0.2) is 12.1 Å². The average Bonchev–Trinajstić information content (AvgIpc) is 2.23. The Labute approximate surface area is 87.1 Å². The number of ether oxygens (including phenoxy) is 1. The molecule has 0 saturated carbocycles. The van der Waals surface area contributed by atoms with Gasteiger partial charge in [-0.25, -0.2) is 8.78 Å². The van der Waals surface area contributed by atoms with Crippen LogP contribution in [-0.2, 0) is 0 Å². The van der Waals surface area contributed by atoms with Crippen LogP contribution in [0.1, 0.15) is 25.3 Å². The molecule has 0 amide bonds. The molecular formula is C11H11F2NO. The standard InChI is InChI=1S/C11H11F2NO/c1-2-3-4-15-10-6-9(12)5-8(7-14)11(10)13/h5-6H,2-4H2,1H3. The zero-order valence-corrected chi connectivity index (χ0v) is 8.39. The Hall–Kier alpha value is -1.63. The van der Waals surface area contributed by atoms with Crippen molar-refractivity contribution in [1.82, 2.24) is 0 Å². The Kier molecular flexibility index (Phi) is 4.04. The van der Waals surface area contributed by atoms with Gasteiger partial charge in [0, 0.05) is 6.07 Å². The van der Waals surface area contributed by atoms with Gasteiger partial charge in [-0.05, 0) is 12.5 Å². The molecule has 1 aromatic carbocycles. The van der Waals surface area contributed by atoms with E-state index in [9.17, 15) is 8.78 Å². The summed E-state index contributed by atoms with van der Waals surface area (Å²) in [5.74, 6) is -1.66. The van der Waals surface area contributed by atoms with Crippen molar-refractivity contribution in [1.29, 1.82) is 5.26 Å². The number of nitriles is 1. The van der Waals surface area contributed by atoms with Gasteiger partial charge in [-0.1, -0.05) is 13.3 Å². The highest BCUT2D eigenvalue weighted by molar-refractivity contribution is 5.39. The van der Waals surface area contributed by atoms with Crippen LogP contribution in [-0.4, -0.2) is 6.61 Å². The van der Waals surface area contributed by atoms with Gasteiger partial charge in [-0.2, -0.15) is 5.26 Å². The van der Waals surface area contributed by atoms with Crippen molar-refractivity contribution in [3.8, 4) is 11.8 Å². The van der Waals surface area contributed by atoms with Crippen LogP contribution in [0.4, 0.5) is 8.78 Å². The van der Waals surface area contributed by atoms with Crippen molar-refractivity contribution in [3.05, 3.63) is 29.3 Å². The van der Waals surface area contributed by atoms with E-state index in [2.05, 4.69) is 0 Å². The lowest BCUT2D eigenvalue weighted by atomic mass is 10.2. The number of unbranched alkanes of at least 4 members (excludes halogenated alkanes) is 1. The second-order valence-corrected chi connectivity index (χ2v) is 3.08. The maximum atomic E-state index is 13.4. The SMILES string of the molecule is CCCCOc1cc(F)cc(C#N)c1F. The maximum Gasteiger partial charge on any atom is 0.182 e. The highest BCUT2D eigenvalue weighted by Gasteiger charge is 2.11. The van der Waals surface area contributed by atoms with E-state index >= 15 is 0 Å². The fraction of sp³-hybridized carbons (Fsp3) is 0.364. The lowest BCUT2D eigenvalue weighted by Crippen LogP contribution is -2.00. The Bertz CT molecular complexity index is 385. The molecule has 0 aliphatic rings. The van der Waals surface area contributed by atoms with Crippen LogP contribution in [0.3, 0.4) is 0 Å². The van der Waals surface area contributed by atoms with Crippen LogP contribution in [0.25, 0.3) is 0 Å². The number of nitrogens with zero attached hydrogens (tertiary/aromatic N) is 1. The summed E-state index contributed by atoms with van der Waals surface area (Å²) in [6, 6.07) is 3.37. The molecule has 2 nitrogen and oxygen atoms in total. The largest absolute Gasteiger partial charge is 0.490 e. The molecular weight excluding hydrogens is 200 g/mol. The van der Waals surface area contributed by atoms with Crippen molar-refractivity contribution in [2.45, 2.75) is 19.8 Å². The summed E-state index contributed by atoms with van der Waals surface area (Å²) in [6.07, 6.45) is 1.67. The van der Waals surface area contributed by atoms with E-state index in [0.29, 0.717) is 6.61 Å². The van der Waals surface area contributed by atoms with Crippen LogP contribution in [0, 0.1) is 23.0 Å². The van der Waals surface area contributed by atoms with Gasteiger partial charge in [-0.3, -0.25) is 0 Å². The molecule has 0 spiro atoms. The number of rotatable bonds is 4. The normalized spacial score (nSPS) is 9.73. The van der Waals surface area contributed by atoms with E-state index in [0.717, 1.165) is 25.0 Å². The molecule has 15 heavy (non-hydrogen) atoms. The number of benzene rings is 1. The summed E-state index contributed by atoms with van der Waals surface area (Å²) >= 11 is 0. The number of hydrogen-bond donors (Lipinski definition) is 0. The third-order valence-corrected chi connectivity index (χ3v) is 1.88. The van der Waals surface area contributed by atoms with Crippen LogP contribution in [0.5, 0.6) is 5.75 Å². The molecule has 4 heteroatoms. The molecule has 0 heterocycles. The topological polar surface area (TPSA) is 33.0 Å². The summed E-state index contributed by atoms with van der Waals surface area (Å²) < 4.78 is 31.3. The molecule has 0 N–H and O–H groups in total. The quantitative estimate of drug-likeness (QED) is 0.717. The minimum Gasteiger partial charge on any atom is -0.490 e. The van der Waals surface area contributed by atoms with E-state index in [1.807, 2.05) is 6.92 Å². The molecule has 1 rings (SSSR count). The van der Waals surface area contributed by atoms with E-state index < -0.39 is 11.6 Å². The minimum absolute atomic E-state index is 0.194. The lowest BCUT2D eigenvalue weighted by Gasteiger charge is -2.07. The Morgan fingerprint density at radius 2 is 2.13 bits per heavy atom. The first-order valence-electron chi connectivity index (χ1n) is 4.71. The fourth-order valence-corrected chi connectivity index (χ4v) is 1.08. The van der Waals surface area contributed by atoms with E-state index in [1.165, 1.54) is 0 Å². The van der Waals surface area contributed by atoms with Crippen LogP contribution < -0.4 is 4.74 Å². The first kappa shape index (κ1) is 11.4. The van der Waals surface area contributed by atoms with Gasteiger partial charge in [0.15, 0.2) is 11.6 Å². The zero-order valence-electron chi connectivity index (χ0n) is 8.39. The minimum atomic E-state index is -0.796. The molecule has 0 saturated heterocycles. The Balaban J connectivity index is 2.88. The van der Waals surface area contributed by atoms with E-state index in [-0.39, 0.29) is 11.3 Å². The first-order chi connectivity index (χ1) is 7.19. The summed E-state index contributed by atoms with van der Waals surface area (Å²) in [5.41, 5.74) is -0.332. The van der Waals surface area contributed by atoms with Gasteiger partial charge < -0.3 is 4.74 Å². The van der Waals surface area contributed by atoms with Crippen molar-refractivity contribution >= 4 is 0 Å². The molecule has 0 unspecified atom stereocenters. The highest BCUT2D eigenvalue weighted by Crippen LogP contribution is 2.22. The highest BCUT2D eigenvalue weighted by atomic mass is 19.1. The first-order valence-corrected chi connectivity index (χ1v) is 4.71. The summed E-state index contributed by atoms with van der Waals surface area (Å²) in [7, 11) is 0. The molecule has 0 bridgehead atoms. The van der Waals surface area contributed by atoms with Gasteiger partial charge in [0.1, 0.15) is 11.9 Å². The van der Waals surface area contributed by atoms with Crippen molar-refractivity contribution < 1.29 is 13.5 Å². The van der Waals surface area contributed by atoms with Gasteiger partial charge in [0.05, 0.1) is 12.2 Å². The maximum absolute atomic E-state index is 13.4. The molecule has 0 atom stereocenters. The molecule has 0 radical (unpaired) electrons. The molecule has 0 fully saturated rings. The van der Waals surface area contributed by atoms with Gasteiger partial charge >= 0.3 is 0 Å². The summed E-state index contributed by atoms with van der Waals surface area (Å²) in [4.78, 5) is 0. The molecule has 0 aliphatic carbocycles. The Morgan fingerprint density at radius 3 is 2.73 bits per heavy atom. The lowest BCUT2D eigenvalue weighted by molar-refractivity contribution is 0.292. The van der Waals surface area contributed by atoms with Crippen LogP contribution >= 0.6 is 0 Å². The van der Waals surface area contributed by atoms with Crippen molar-refractivity contribution in [2.24, 2.45) is 0 Å². The number of halogens is 2. The molecule has 0 aromatic heterocycles. The predicted molar refractivity (Wildman–Crippen MR) is 51.5 cm³/mol. The fourth-order valence-electron chi connectivity index (χ4n) is 1.08. The van der Waals surface area contributed by atoms with Gasteiger partial charge in [0.2, 0.25) is 0 Å². The predicted octanol–water partition coefficient (Wildman–Crippen LogP) is 3.02. The van der Waals surface area contributed by atoms with Gasteiger partial charge in [0.25, 0.3) is 0 Å². The molecule has 80 valence electrons. The van der Waals surface area contributed by atoms with E-state index in [1.54, 1.807) is 6.07 Å². The number of hydrogen-bond acceptors (Lipinski definition) is 2. The van der Waals surface area contributed by atoms with Crippen LogP contribution in [0.2, 0.25) is 0 Å². The second-order valence-electron chi connectivity index (χ2n) is 3.08. The Morgan fingerprint density at radius 1 is 1.40 bits per heavy atom. The smallest absolute Gasteiger partial charge is 0.182 e. The monoisotopic (exact) mass is 211 g/mol. The van der Waals surface area contributed by atoms with Gasteiger partial charge in [-0.15, -0.1) is 0 Å². The molecule has 0 aliphatic heterocycles. The third kappa shape index (κ3) is 2.91. The van der Waals surface area contributed by atoms with E-state index in [4.69, 9.17) is 10.00 Å². The van der Waals surface area contributed by atoms with Crippen molar-refractivity contribution in [2.75, 3.05) is 6.61 Å². The third-order valence-electron chi connectivity index (χ3n) is 1.88. The van der Waals surface area contributed by atoms with Crippen molar-refractivity contribution in [3.63, 3.8) is 0 Å². The zero-order chi connectivity index (χ0) is 11.3. The molecule has 1 aromatic rings. The summed E-state index contributed by atoms with van der Waals surface area (Å²) in [5, 5.41) is 8.53.